The van der Waals surface area contributed by atoms with Crippen LogP contribution in [0.2, 0.25) is 0 Å². The smallest absolute Gasteiger partial charge is 0.384 e. The number of hydrogen-bond acceptors (Lipinski definition) is 12. The molecular weight excluding hydrogens is 601 g/mol. The Morgan fingerprint density at radius 2 is 1.66 bits per heavy atom. The molecule has 1 unspecified atom stereocenters. The molecule has 0 amide bonds. The highest BCUT2D eigenvalue weighted by Crippen LogP contribution is 2.55. The average Bonchev–Trinajstić information content (AvgIpc) is 3.20. The highest BCUT2D eigenvalue weighted by molar-refractivity contribution is 7.89. The molecule has 230 valence electrons. The molecule has 3 rings (SSSR count). The Labute approximate surface area is 240 Å². The van der Waals surface area contributed by atoms with Gasteiger partial charge in [-0.2, -0.15) is 8.42 Å². The first-order valence-electron chi connectivity index (χ1n) is 12.6. The van der Waals surface area contributed by atoms with Gasteiger partial charge in [-0.3, -0.25) is 27.9 Å². The molecule has 0 radical (unpaired) electrons. The van der Waals surface area contributed by atoms with Crippen molar-refractivity contribution in [3.8, 4) is 0 Å². The van der Waals surface area contributed by atoms with E-state index < -0.39 is 50.0 Å². The van der Waals surface area contributed by atoms with Gasteiger partial charge in [-0.1, -0.05) is 6.07 Å². The molecule has 1 aliphatic rings. The van der Waals surface area contributed by atoms with Crippen LogP contribution >= 0.6 is 7.82 Å². The normalized spacial score (nSPS) is 16.5. The van der Waals surface area contributed by atoms with E-state index in [1.807, 2.05) is 0 Å². The molecule has 1 heterocycles. The van der Waals surface area contributed by atoms with Gasteiger partial charge in [0.25, 0.3) is 15.8 Å². The largest absolute Gasteiger partial charge is 0.475 e. The zero-order valence-corrected chi connectivity index (χ0v) is 26.4. The summed E-state index contributed by atoms with van der Waals surface area (Å²) in [5.41, 5.74) is -1.03. The summed E-state index contributed by atoms with van der Waals surface area (Å²) in [5.74, 6) is -0.443. The molecule has 2 aromatic carbocycles. The van der Waals surface area contributed by atoms with E-state index in [1.165, 1.54) is 24.3 Å². The Hall–Kier alpha value is -2.17. The van der Waals surface area contributed by atoms with Crippen molar-refractivity contribution in [3.05, 3.63) is 39.9 Å². The minimum Gasteiger partial charge on any atom is -0.384 e. The summed E-state index contributed by atoms with van der Waals surface area (Å²) in [4.78, 5) is 11.0. The maximum atomic E-state index is 13.2. The summed E-state index contributed by atoms with van der Waals surface area (Å²) in [5, 5.41) is 15.3. The fourth-order valence-electron chi connectivity index (χ4n) is 4.15. The number of phosphoric acid groups is 1. The molecule has 17 heteroatoms. The molecule has 1 atom stereocenters. The lowest BCUT2D eigenvalue weighted by atomic mass is 9.94. The molecule has 0 saturated heterocycles. The van der Waals surface area contributed by atoms with Crippen LogP contribution in [0.3, 0.4) is 0 Å². The molecule has 14 nitrogen and oxygen atoms in total. The van der Waals surface area contributed by atoms with E-state index >= 15 is 0 Å². The summed E-state index contributed by atoms with van der Waals surface area (Å²) in [6, 6.07) is 5.20. The SMILES string of the molecule is CC(C)(C)OP(=O)(OCCNS(=O)(=O)c1ccc2c3c(cc([N+](=O)[O-])c2c1)NCC3COS(C)(=O)=O)OC(C)(C)C. The number of non-ortho nitro benzene ring substituents is 1. The highest BCUT2D eigenvalue weighted by atomic mass is 32.2. The lowest BCUT2D eigenvalue weighted by Crippen LogP contribution is -2.29. The first kappa shape index (κ1) is 33.3. The van der Waals surface area contributed by atoms with Crippen LogP contribution in [0.25, 0.3) is 10.8 Å². The van der Waals surface area contributed by atoms with Gasteiger partial charge in [-0.15, -0.1) is 0 Å². The summed E-state index contributed by atoms with van der Waals surface area (Å²) in [6.07, 6.45) is 0.924. The topological polar surface area (TPSA) is 189 Å². The number of nitrogens with one attached hydrogen (secondary N) is 2. The Bertz CT molecular complexity index is 1560. The Morgan fingerprint density at radius 1 is 1.05 bits per heavy atom. The van der Waals surface area contributed by atoms with Crippen molar-refractivity contribution in [2.24, 2.45) is 0 Å². The number of fused-ring (bicyclic) bond motifs is 3. The molecule has 0 fully saturated rings. The van der Waals surface area contributed by atoms with Gasteiger partial charge in [0.05, 0.1) is 45.9 Å². The zero-order chi connectivity index (χ0) is 31.0. The Balaban J connectivity index is 1.85. The molecule has 2 N–H and O–H groups in total. The van der Waals surface area contributed by atoms with Crippen LogP contribution in [0, 0.1) is 10.1 Å². The van der Waals surface area contributed by atoms with E-state index in [2.05, 4.69) is 10.0 Å². The molecule has 2 aromatic rings. The standard InChI is InChI=1S/C24H36N3O11PS2/c1-23(2,3)37-39(30,38-24(4,5)6)35-11-10-26-41(33,34)17-8-9-18-19(12-17)21(27(28)29)13-20-22(18)16(14-25-20)15-36-40(7,31)32/h8-9,12-13,16,25-26H,10-11,14-15H2,1-7H3. The van der Waals surface area contributed by atoms with Crippen LogP contribution in [0.4, 0.5) is 11.4 Å². The van der Waals surface area contributed by atoms with Gasteiger partial charge in [0.15, 0.2) is 0 Å². The maximum absolute atomic E-state index is 13.2. The molecule has 0 spiro atoms. The molecule has 0 saturated carbocycles. The number of benzene rings is 2. The molecular formula is C24H36N3O11PS2. The van der Waals surface area contributed by atoms with Crippen LogP contribution in [0.5, 0.6) is 0 Å². The van der Waals surface area contributed by atoms with E-state index in [0.717, 1.165) is 6.26 Å². The first-order valence-corrected chi connectivity index (χ1v) is 17.3. The van der Waals surface area contributed by atoms with E-state index in [9.17, 15) is 31.5 Å². The third-order valence-electron chi connectivity index (χ3n) is 5.48. The van der Waals surface area contributed by atoms with Gasteiger partial charge in [0.2, 0.25) is 10.0 Å². The zero-order valence-electron chi connectivity index (χ0n) is 23.9. The predicted octanol–water partition coefficient (Wildman–Crippen LogP) is 4.27. The molecule has 41 heavy (non-hydrogen) atoms. The van der Waals surface area contributed by atoms with Crippen molar-refractivity contribution in [3.63, 3.8) is 0 Å². The van der Waals surface area contributed by atoms with Crippen LogP contribution in [-0.4, -0.2) is 65.5 Å². The van der Waals surface area contributed by atoms with E-state index in [0.29, 0.717) is 16.6 Å². The van der Waals surface area contributed by atoms with Gasteiger partial charge in [0.1, 0.15) is 0 Å². The third-order valence-corrected chi connectivity index (χ3v) is 9.55. The number of nitrogens with zero attached hydrogens (tertiary/aromatic N) is 1. The van der Waals surface area contributed by atoms with Crippen LogP contribution in [0.1, 0.15) is 53.0 Å². The summed E-state index contributed by atoms with van der Waals surface area (Å²) >= 11 is 0. The van der Waals surface area contributed by atoms with Crippen LogP contribution < -0.4 is 10.0 Å². The van der Waals surface area contributed by atoms with Gasteiger partial charge in [-0.05, 0) is 64.6 Å². The molecule has 1 aliphatic heterocycles. The summed E-state index contributed by atoms with van der Waals surface area (Å²) in [7, 11) is -12.0. The lowest BCUT2D eigenvalue weighted by molar-refractivity contribution is -0.383. The van der Waals surface area contributed by atoms with Gasteiger partial charge >= 0.3 is 7.82 Å². The van der Waals surface area contributed by atoms with E-state index in [1.54, 1.807) is 41.5 Å². The van der Waals surface area contributed by atoms with Gasteiger partial charge in [-0.25, -0.2) is 17.7 Å². The fraction of sp³-hybridized carbons (Fsp3) is 0.583. The van der Waals surface area contributed by atoms with Crippen molar-refractivity contribution in [2.45, 2.75) is 63.6 Å². The van der Waals surface area contributed by atoms with E-state index in [-0.39, 0.29) is 42.3 Å². The second-order valence-electron chi connectivity index (χ2n) is 11.5. The van der Waals surface area contributed by atoms with Gasteiger partial charge < -0.3 is 5.32 Å². The number of sulfonamides is 1. The van der Waals surface area contributed by atoms with Crippen molar-refractivity contribution >= 4 is 50.1 Å². The van der Waals surface area contributed by atoms with Crippen molar-refractivity contribution in [1.82, 2.24) is 4.72 Å². The fourth-order valence-corrected chi connectivity index (χ4v) is 7.40. The number of rotatable bonds is 12. The summed E-state index contributed by atoms with van der Waals surface area (Å²) in [6.45, 7) is 9.47. The third kappa shape index (κ3) is 9.16. The Kier molecular flexibility index (Phi) is 9.63. The second kappa shape index (κ2) is 11.8. The minimum absolute atomic E-state index is 0.0580. The number of nitro groups is 1. The molecule has 0 aliphatic carbocycles. The van der Waals surface area contributed by atoms with Crippen molar-refractivity contribution < 1.29 is 44.1 Å². The van der Waals surface area contributed by atoms with Crippen molar-refractivity contribution in [1.29, 1.82) is 0 Å². The first-order chi connectivity index (χ1) is 18.6. The number of nitro benzene ring substituents is 1. The minimum atomic E-state index is -4.18. The Morgan fingerprint density at radius 3 is 2.20 bits per heavy atom. The van der Waals surface area contributed by atoms with Gasteiger partial charge in [0, 0.05) is 30.8 Å². The molecule has 0 bridgehead atoms. The number of anilines is 1. The van der Waals surface area contributed by atoms with Crippen molar-refractivity contribution in [2.75, 3.05) is 37.9 Å². The number of phosphoric ester groups is 1. The molecule has 0 aromatic heterocycles. The monoisotopic (exact) mass is 637 g/mol. The second-order valence-corrected chi connectivity index (χ2v) is 16.4. The average molecular weight is 638 g/mol. The van der Waals surface area contributed by atoms with Crippen LogP contribution in [-0.2, 0) is 42.5 Å². The quantitative estimate of drug-likeness (QED) is 0.111. The van der Waals surface area contributed by atoms with E-state index in [4.69, 9.17) is 17.8 Å². The highest BCUT2D eigenvalue weighted by Gasteiger charge is 2.37. The predicted molar refractivity (Wildman–Crippen MR) is 153 cm³/mol. The maximum Gasteiger partial charge on any atom is 0.475 e. The lowest BCUT2D eigenvalue weighted by Gasteiger charge is -2.30. The summed E-state index contributed by atoms with van der Waals surface area (Å²) < 4.78 is 86.0. The number of hydrogen-bond donors (Lipinski definition) is 2. The van der Waals surface area contributed by atoms with Crippen LogP contribution in [0.15, 0.2) is 29.2 Å².